The summed E-state index contributed by atoms with van der Waals surface area (Å²) in [7, 11) is 1.73. The van der Waals surface area contributed by atoms with E-state index in [2.05, 4.69) is 23.9 Å². The highest BCUT2D eigenvalue weighted by Gasteiger charge is 2.37. The molecule has 7 heteroatoms. The van der Waals surface area contributed by atoms with Crippen molar-refractivity contribution >= 4 is 11.6 Å². The van der Waals surface area contributed by atoms with E-state index in [-0.39, 0.29) is 29.4 Å². The first-order valence-corrected chi connectivity index (χ1v) is 8.61. The van der Waals surface area contributed by atoms with Crippen molar-refractivity contribution in [1.29, 1.82) is 0 Å². The van der Waals surface area contributed by atoms with Crippen LogP contribution in [0.1, 0.15) is 37.2 Å². The van der Waals surface area contributed by atoms with Gasteiger partial charge in [-0.1, -0.05) is 13.8 Å². The van der Waals surface area contributed by atoms with Crippen molar-refractivity contribution < 1.29 is 9.53 Å². The average Bonchev–Trinajstić information content (AvgIpc) is 2.90. The largest absolute Gasteiger partial charge is 0.381 e. The minimum absolute atomic E-state index is 0.0688. The highest BCUT2D eigenvalue weighted by molar-refractivity contribution is 5.79. The van der Waals surface area contributed by atoms with Crippen molar-refractivity contribution in [1.82, 2.24) is 19.5 Å². The Bertz CT molecular complexity index is 865. The molecular formula is C18H26N4O3. The van der Waals surface area contributed by atoms with Gasteiger partial charge in [-0.05, 0) is 20.3 Å². The van der Waals surface area contributed by atoms with Crippen LogP contribution in [0.15, 0.2) is 10.9 Å². The van der Waals surface area contributed by atoms with Crippen LogP contribution in [0.2, 0.25) is 0 Å². The number of methoxy groups -OCH3 is 1. The number of likely N-dealkylation sites (tertiary alicyclic amines) is 1. The number of piperidine rings is 1. The van der Waals surface area contributed by atoms with E-state index in [1.54, 1.807) is 11.6 Å². The zero-order valence-electron chi connectivity index (χ0n) is 15.5. The number of ether oxygens (including phenoxy) is 1. The molecule has 0 bridgehead atoms. The van der Waals surface area contributed by atoms with Crippen LogP contribution in [0.5, 0.6) is 0 Å². The van der Waals surface area contributed by atoms with Crippen LogP contribution in [0.3, 0.4) is 0 Å². The fourth-order valence-electron chi connectivity index (χ4n) is 3.86. The highest BCUT2D eigenvalue weighted by atomic mass is 16.5. The minimum atomic E-state index is -0.193. The number of H-pyrrole nitrogens is 1. The Kier molecular flexibility index (Phi) is 4.45. The Balaban J connectivity index is 1.84. The van der Waals surface area contributed by atoms with Crippen LogP contribution in [0.4, 0.5) is 0 Å². The van der Waals surface area contributed by atoms with Gasteiger partial charge in [0.05, 0.1) is 12.5 Å². The van der Waals surface area contributed by atoms with Gasteiger partial charge in [-0.25, -0.2) is 9.50 Å². The molecule has 7 nitrogen and oxygen atoms in total. The molecule has 1 atom stereocenters. The lowest BCUT2D eigenvalue weighted by Gasteiger charge is -2.43. The first-order chi connectivity index (χ1) is 11.7. The van der Waals surface area contributed by atoms with E-state index in [1.807, 2.05) is 18.7 Å². The Morgan fingerprint density at radius 1 is 1.44 bits per heavy atom. The zero-order chi connectivity index (χ0) is 18.4. The number of hydrogen-bond donors (Lipinski definition) is 1. The fourth-order valence-corrected chi connectivity index (χ4v) is 3.86. The normalized spacial score (nSPS) is 20.2. The molecule has 0 aromatic carbocycles. The Morgan fingerprint density at radius 2 is 2.16 bits per heavy atom. The summed E-state index contributed by atoms with van der Waals surface area (Å²) in [6, 6.07) is 1.46. The number of carbonyl (C=O) groups excluding carboxylic acids is 1. The molecule has 136 valence electrons. The van der Waals surface area contributed by atoms with Gasteiger partial charge in [0.15, 0.2) is 5.65 Å². The second kappa shape index (κ2) is 6.29. The Hall–Kier alpha value is -2.15. The molecule has 2 aromatic heterocycles. The van der Waals surface area contributed by atoms with E-state index in [0.717, 1.165) is 23.4 Å². The number of carbonyl (C=O) groups is 1. The lowest BCUT2D eigenvalue weighted by molar-refractivity contribution is -0.138. The van der Waals surface area contributed by atoms with Crippen LogP contribution in [-0.2, 0) is 16.0 Å². The van der Waals surface area contributed by atoms with Crippen LogP contribution >= 0.6 is 0 Å². The number of hydrogen-bond acceptors (Lipinski definition) is 4. The van der Waals surface area contributed by atoms with Crippen LogP contribution in [-0.4, -0.2) is 51.7 Å². The maximum absolute atomic E-state index is 12.9. The molecule has 1 aliphatic heterocycles. The molecular weight excluding hydrogens is 320 g/mol. The summed E-state index contributed by atoms with van der Waals surface area (Å²) in [5.74, 6) is 0.0875. The Labute approximate surface area is 147 Å². The molecule has 1 aliphatic rings. The summed E-state index contributed by atoms with van der Waals surface area (Å²) >= 11 is 0. The molecule has 1 N–H and O–H groups in total. The second-order valence-corrected chi connectivity index (χ2v) is 7.57. The summed E-state index contributed by atoms with van der Waals surface area (Å²) < 4.78 is 7.21. The number of rotatable bonds is 3. The van der Waals surface area contributed by atoms with E-state index >= 15 is 0 Å². The van der Waals surface area contributed by atoms with E-state index in [4.69, 9.17) is 4.74 Å². The molecule has 25 heavy (non-hydrogen) atoms. The SMILES string of the molecule is COC1CCN(C(=O)Cc2c(C)nc3cc(=O)[nH]n3c2C)CC1(C)C. The van der Waals surface area contributed by atoms with Crippen molar-refractivity contribution in [3.8, 4) is 0 Å². The molecule has 0 saturated carbocycles. The molecule has 3 rings (SSSR count). The smallest absolute Gasteiger partial charge is 0.266 e. The number of nitrogens with one attached hydrogen (secondary N) is 1. The summed E-state index contributed by atoms with van der Waals surface area (Å²) in [5, 5.41) is 2.73. The predicted molar refractivity (Wildman–Crippen MR) is 94.8 cm³/mol. The quantitative estimate of drug-likeness (QED) is 0.912. The second-order valence-electron chi connectivity index (χ2n) is 7.57. The highest BCUT2D eigenvalue weighted by Crippen LogP contribution is 2.31. The van der Waals surface area contributed by atoms with E-state index < -0.39 is 0 Å². The summed E-state index contributed by atoms with van der Waals surface area (Å²) in [4.78, 5) is 30.8. The summed E-state index contributed by atoms with van der Waals surface area (Å²) in [5.41, 5.74) is 2.83. The van der Waals surface area contributed by atoms with Gasteiger partial charge in [-0.2, -0.15) is 0 Å². The van der Waals surface area contributed by atoms with Gasteiger partial charge in [0.2, 0.25) is 5.91 Å². The molecule has 2 aromatic rings. The van der Waals surface area contributed by atoms with Crippen molar-refractivity contribution in [2.24, 2.45) is 5.41 Å². The number of nitrogens with zero attached hydrogens (tertiary/aromatic N) is 3. The van der Waals surface area contributed by atoms with Crippen molar-refractivity contribution in [3.63, 3.8) is 0 Å². The monoisotopic (exact) mass is 346 g/mol. The molecule has 1 saturated heterocycles. The van der Waals surface area contributed by atoms with Gasteiger partial charge in [0.1, 0.15) is 0 Å². The molecule has 1 fully saturated rings. The van der Waals surface area contributed by atoms with Gasteiger partial charge in [-0.3, -0.25) is 14.7 Å². The van der Waals surface area contributed by atoms with Crippen LogP contribution in [0, 0.1) is 19.3 Å². The molecule has 0 radical (unpaired) electrons. The van der Waals surface area contributed by atoms with Crippen LogP contribution < -0.4 is 5.56 Å². The van der Waals surface area contributed by atoms with Gasteiger partial charge in [0.25, 0.3) is 5.56 Å². The zero-order valence-corrected chi connectivity index (χ0v) is 15.5. The van der Waals surface area contributed by atoms with Crippen LogP contribution in [0.25, 0.3) is 5.65 Å². The van der Waals surface area contributed by atoms with Gasteiger partial charge < -0.3 is 9.64 Å². The third-order valence-electron chi connectivity index (χ3n) is 5.30. The number of aromatic amines is 1. The lowest BCUT2D eigenvalue weighted by Crippen LogP contribution is -2.51. The van der Waals surface area contributed by atoms with Gasteiger partial charge in [0, 0.05) is 48.6 Å². The van der Waals surface area contributed by atoms with Crippen molar-refractivity contribution in [2.75, 3.05) is 20.2 Å². The Morgan fingerprint density at radius 3 is 2.80 bits per heavy atom. The fraction of sp³-hybridized carbons (Fsp3) is 0.611. The maximum Gasteiger partial charge on any atom is 0.266 e. The first kappa shape index (κ1) is 17.7. The van der Waals surface area contributed by atoms with Gasteiger partial charge in [-0.15, -0.1) is 0 Å². The number of aryl methyl sites for hydroxylation is 2. The van der Waals surface area contributed by atoms with Gasteiger partial charge >= 0.3 is 0 Å². The number of aromatic nitrogens is 3. The lowest BCUT2D eigenvalue weighted by atomic mass is 9.81. The molecule has 0 aliphatic carbocycles. The van der Waals surface area contributed by atoms with E-state index in [0.29, 0.717) is 18.7 Å². The topological polar surface area (TPSA) is 79.7 Å². The number of amides is 1. The number of fused-ring (bicyclic) bond motifs is 1. The molecule has 1 unspecified atom stereocenters. The first-order valence-electron chi connectivity index (χ1n) is 8.61. The standard InChI is InChI=1S/C18H26N4O3/c1-11-13(12(2)22-15(19-11)9-16(23)20-22)8-17(24)21-7-6-14(25-5)18(3,4)10-21/h9,14H,6-8,10H2,1-5H3,(H,20,23). The summed E-state index contributed by atoms with van der Waals surface area (Å²) in [6.07, 6.45) is 1.30. The molecule has 1 amide bonds. The van der Waals surface area contributed by atoms with Crippen molar-refractivity contribution in [2.45, 2.75) is 46.6 Å². The molecule has 3 heterocycles. The third kappa shape index (κ3) is 3.20. The third-order valence-corrected chi connectivity index (χ3v) is 5.30. The van der Waals surface area contributed by atoms with E-state index in [1.165, 1.54) is 6.07 Å². The summed E-state index contributed by atoms with van der Waals surface area (Å²) in [6.45, 7) is 9.44. The predicted octanol–water partition coefficient (Wildman–Crippen LogP) is 1.46. The van der Waals surface area contributed by atoms with Crippen molar-refractivity contribution in [3.05, 3.63) is 33.4 Å². The van der Waals surface area contributed by atoms with E-state index in [9.17, 15) is 9.59 Å². The molecule has 0 spiro atoms. The minimum Gasteiger partial charge on any atom is -0.381 e. The average molecular weight is 346 g/mol. The maximum atomic E-state index is 12.9.